The van der Waals surface area contributed by atoms with Crippen molar-refractivity contribution in [3.05, 3.63) is 0 Å². The summed E-state index contributed by atoms with van der Waals surface area (Å²) in [6.07, 6.45) is 4.08. The van der Waals surface area contributed by atoms with Crippen LogP contribution < -0.4 is 10.6 Å². The normalized spacial score (nSPS) is 21.5. The molecule has 2 rings (SSSR count). The van der Waals surface area contributed by atoms with Crippen LogP contribution in [0.5, 0.6) is 0 Å². The Morgan fingerprint density at radius 1 is 1.39 bits per heavy atom. The Bertz CT molecular complexity index is 375. The number of hydrogen-bond acceptors (Lipinski definition) is 3. The second-order valence-corrected chi connectivity index (χ2v) is 5.01. The van der Waals surface area contributed by atoms with E-state index in [1.165, 1.54) is 11.8 Å². The molecular weight excluding hydrogens is 234 g/mol. The average molecular weight is 253 g/mol. The summed E-state index contributed by atoms with van der Waals surface area (Å²) in [5.74, 6) is -0.188. The molecule has 2 N–H and O–H groups in total. The molecule has 18 heavy (non-hydrogen) atoms. The molecule has 1 saturated heterocycles. The fraction of sp³-hybridized carbons (Fsp3) is 0.750. The smallest absolute Gasteiger partial charge is 0.325 e. The highest BCUT2D eigenvalue weighted by Gasteiger charge is 2.51. The summed E-state index contributed by atoms with van der Waals surface area (Å²) in [5, 5.41) is 5.48. The summed E-state index contributed by atoms with van der Waals surface area (Å²) >= 11 is 0. The Kier molecular flexibility index (Phi) is 3.54. The van der Waals surface area contributed by atoms with Gasteiger partial charge in [-0.1, -0.05) is 12.8 Å². The summed E-state index contributed by atoms with van der Waals surface area (Å²) in [6.45, 7) is 2.30. The number of carbonyl (C=O) groups excluding carboxylic acids is 3. The first-order chi connectivity index (χ1) is 8.55. The van der Waals surface area contributed by atoms with Gasteiger partial charge in [0.05, 0.1) is 0 Å². The molecule has 0 atom stereocenters. The van der Waals surface area contributed by atoms with E-state index in [2.05, 4.69) is 10.6 Å². The predicted octanol–water partition coefficient (Wildman–Crippen LogP) is 0.377. The SMILES string of the molecule is CC(=O)NCCCN1C(=O)NC2(CCCC2)C1=O. The highest BCUT2D eigenvalue weighted by molar-refractivity contribution is 6.07. The monoisotopic (exact) mass is 253 g/mol. The first kappa shape index (κ1) is 12.9. The lowest BCUT2D eigenvalue weighted by Crippen LogP contribution is -2.44. The number of urea groups is 1. The minimum atomic E-state index is -0.620. The van der Waals surface area contributed by atoms with Crippen LogP contribution in [0.4, 0.5) is 4.79 Å². The van der Waals surface area contributed by atoms with Gasteiger partial charge in [0.1, 0.15) is 5.54 Å². The highest BCUT2D eigenvalue weighted by atomic mass is 16.2. The van der Waals surface area contributed by atoms with Crippen LogP contribution in [-0.4, -0.2) is 41.4 Å². The fourth-order valence-corrected chi connectivity index (χ4v) is 2.70. The van der Waals surface area contributed by atoms with E-state index in [4.69, 9.17) is 0 Å². The molecule has 2 aliphatic rings. The number of amides is 4. The largest absolute Gasteiger partial charge is 0.356 e. The number of hydrogen-bond donors (Lipinski definition) is 2. The molecule has 1 aliphatic carbocycles. The third-order valence-corrected chi connectivity index (χ3v) is 3.64. The Morgan fingerprint density at radius 3 is 2.67 bits per heavy atom. The molecule has 0 unspecified atom stereocenters. The van der Waals surface area contributed by atoms with Crippen LogP contribution in [0.3, 0.4) is 0 Å². The topological polar surface area (TPSA) is 78.5 Å². The molecule has 1 saturated carbocycles. The van der Waals surface area contributed by atoms with E-state index >= 15 is 0 Å². The third-order valence-electron chi connectivity index (χ3n) is 3.64. The zero-order chi connectivity index (χ0) is 13.2. The number of nitrogens with zero attached hydrogens (tertiary/aromatic N) is 1. The van der Waals surface area contributed by atoms with Gasteiger partial charge in [-0.15, -0.1) is 0 Å². The van der Waals surface area contributed by atoms with E-state index < -0.39 is 5.54 Å². The van der Waals surface area contributed by atoms with Gasteiger partial charge < -0.3 is 10.6 Å². The van der Waals surface area contributed by atoms with Crippen molar-refractivity contribution in [1.82, 2.24) is 15.5 Å². The molecule has 0 aromatic heterocycles. The van der Waals surface area contributed by atoms with Crippen molar-refractivity contribution in [3.63, 3.8) is 0 Å². The van der Waals surface area contributed by atoms with E-state index in [1.807, 2.05) is 0 Å². The number of carbonyl (C=O) groups is 3. The van der Waals surface area contributed by atoms with E-state index in [0.717, 1.165) is 25.7 Å². The molecule has 0 aromatic rings. The lowest BCUT2D eigenvalue weighted by Gasteiger charge is -2.19. The predicted molar refractivity (Wildman–Crippen MR) is 64.7 cm³/mol. The van der Waals surface area contributed by atoms with Crippen LogP contribution in [0.15, 0.2) is 0 Å². The summed E-state index contributed by atoms with van der Waals surface area (Å²) in [6, 6.07) is -0.287. The van der Waals surface area contributed by atoms with Gasteiger partial charge in [0.25, 0.3) is 5.91 Å². The van der Waals surface area contributed by atoms with Crippen molar-refractivity contribution in [2.75, 3.05) is 13.1 Å². The average Bonchev–Trinajstić information content (AvgIpc) is 2.85. The standard InChI is InChI=1S/C12H19N3O3/c1-9(16)13-7-4-8-15-10(17)12(14-11(15)18)5-2-3-6-12/h2-8H2,1H3,(H,13,16)(H,14,18). The van der Waals surface area contributed by atoms with E-state index in [0.29, 0.717) is 19.5 Å². The van der Waals surface area contributed by atoms with Crippen LogP contribution >= 0.6 is 0 Å². The maximum absolute atomic E-state index is 12.2. The van der Waals surface area contributed by atoms with Crippen molar-refractivity contribution in [2.24, 2.45) is 0 Å². The van der Waals surface area contributed by atoms with Crippen molar-refractivity contribution in [1.29, 1.82) is 0 Å². The van der Waals surface area contributed by atoms with E-state index in [-0.39, 0.29) is 17.8 Å². The minimum Gasteiger partial charge on any atom is -0.356 e. The maximum Gasteiger partial charge on any atom is 0.325 e. The Morgan fingerprint density at radius 2 is 2.06 bits per heavy atom. The van der Waals surface area contributed by atoms with Crippen molar-refractivity contribution in [2.45, 2.75) is 44.6 Å². The van der Waals surface area contributed by atoms with Gasteiger partial charge in [-0.25, -0.2) is 4.79 Å². The van der Waals surface area contributed by atoms with Gasteiger partial charge >= 0.3 is 6.03 Å². The summed E-state index contributed by atoms with van der Waals surface area (Å²) < 4.78 is 0. The number of nitrogens with one attached hydrogen (secondary N) is 2. The lowest BCUT2D eigenvalue weighted by atomic mass is 9.98. The second kappa shape index (κ2) is 4.96. The first-order valence-corrected chi connectivity index (χ1v) is 6.44. The van der Waals surface area contributed by atoms with Crippen LogP contribution in [0.25, 0.3) is 0 Å². The lowest BCUT2D eigenvalue weighted by molar-refractivity contribution is -0.131. The van der Waals surface area contributed by atoms with Crippen LogP contribution in [0, 0.1) is 0 Å². The maximum atomic E-state index is 12.2. The molecule has 0 bridgehead atoms. The van der Waals surface area contributed by atoms with Crippen molar-refractivity contribution in [3.8, 4) is 0 Å². The summed E-state index contributed by atoms with van der Waals surface area (Å²) in [7, 11) is 0. The van der Waals surface area contributed by atoms with Gasteiger partial charge in [-0.2, -0.15) is 0 Å². The molecule has 6 nitrogen and oxygen atoms in total. The molecule has 1 aliphatic heterocycles. The Labute approximate surface area is 106 Å². The number of imide groups is 1. The summed E-state index contributed by atoms with van der Waals surface area (Å²) in [4.78, 5) is 36.0. The highest BCUT2D eigenvalue weighted by Crippen LogP contribution is 2.34. The number of rotatable bonds is 4. The molecule has 6 heteroatoms. The second-order valence-electron chi connectivity index (χ2n) is 5.01. The quantitative estimate of drug-likeness (QED) is 0.561. The van der Waals surface area contributed by atoms with Crippen molar-refractivity contribution < 1.29 is 14.4 Å². The van der Waals surface area contributed by atoms with E-state index in [9.17, 15) is 14.4 Å². The molecule has 2 fully saturated rings. The van der Waals surface area contributed by atoms with Gasteiger partial charge in [0, 0.05) is 20.0 Å². The zero-order valence-corrected chi connectivity index (χ0v) is 10.6. The van der Waals surface area contributed by atoms with Crippen molar-refractivity contribution >= 4 is 17.8 Å². The molecule has 4 amide bonds. The molecule has 0 radical (unpaired) electrons. The third kappa shape index (κ3) is 2.32. The molecular formula is C12H19N3O3. The van der Waals surface area contributed by atoms with Gasteiger partial charge in [0.2, 0.25) is 5.91 Å². The minimum absolute atomic E-state index is 0.0900. The summed E-state index contributed by atoms with van der Waals surface area (Å²) in [5.41, 5.74) is -0.620. The van der Waals surface area contributed by atoms with E-state index in [1.54, 1.807) is 0 Å². The van der Waals surface area contributed by atoms with Crippen LogP contribution in [-0.2, 0) is 9.59 Å². The Balaban J connectivity index is 1.87. The molecule has 1 spiro atoms. The first-order valence-electron chi connectivity index (χ1n) is 6.44. The van der Waals surface area contributed by atoms with Gasteiger partial charge in [-0.05, 0) is 19.3 Å². The Hall–Kier alpha value is -1.59. The van der Waals surface area contributed by atoms with Crippen LogP contribution in [0.1, 0.15) is 39.0 Å². The fourth-order valence-electron chi connectivity index (χ4n) is 2.70. The molecule has 0 aromatic carbocycles. The van der Waals surface area contributed by atoms with Crippen LogP contribution in [0.2, 0.25) is 0 Å². The zero-order valence-electron chi connectivity index (χ0n) is 10.6. The van der Waals surface area contributed by atoms with Gasteiger partial charge in [-0.3, -0.25) is 14.5 Å². The van der Waals surface area contributed by atoms with Gasteiger partial charge in [0.15, 0.2) is 0 Å². The molecule has 100 valence electrons. The molecule has 1 heterocycles.